The molecule has 0 saturated carbocycles. The Kier molecular flexibility index (Phi) is 4.69. The first-order valence-electron chi connectivity index (χ1n) is 8.92. The van der Waals surface area contributed by atoms with E-state index in [4.69, 9.17) is 4.52 Å². The van der Waals surface area contributed by atoms with Crippen LogP contribution in [0.2, 0.25) is 0 Å². The maximum Gasteiger partial charge on any atom is 0.276 e. The van der Waals surface area contributed by atoms with E-state index in [2.05, 4.69) is 10.5 Å². The van der Waals surface area contributed by atoms with Crippen molar-refractivity contribution in [2.45, 2.75) is 18.9 Å². The number of nitrogens with zero attached hydrogens (tertiary/aromatic N) is 2. The summed E-state index contributed by atoms with van der Waals surface area (Å²) in [5.41, 5.74) is 2.37. The van der Waals surface area contributed by atoms with Crippen LogP contribution in [0.25, 0.3) is 11.3 Å². The van der Waals surface area contributed by atoms with Gasteiger partial charge in [-0.15, -0.1) is 0 Å². The summed E-state index contributed by atoms with van der Waals surface area (Å²) < 4.78 is 5.37. The maximum absolute atomic E-state index is 12.8. The Balaban J connectivity index is 1.44. The molecule has 1 saturated heterocycles. The molecule has 3 aromatic rings. The predicted molar refractivity (Wildman–Crippen MR) is 101 cm³/mol. The van der Waals surface area contributed by atoms with E-state index < -0.39 is 0 Å². The van der Waals surface area contributed by atoms with Gasteiger partial charge in [-0.1, -0.05) is 53.7 Å². The first kappa shape index (κ1) is 16.4. The summed E-state index contributed by atoms with van der Waals surface area (Å²) >= 11 is 0. The predicted octanol–water partition coefficient (Wildman–Crippen LogP) is 4.06. The van der Waals surface area contributed by atoms with Crippen molar-refractivity contribution in [1.29, 1.82) is 0 Å². The van der Waals surface area contributed by atoms with Crippen LogP contribution in [0.15, 0.2) is 71.3 Å². The Morgan fingerprint density at radius 3 is 2.58 bits per heavy atom. The van der Waals surface area contributed by atoms with E-state index in [1.807, 2.05) is 65.6 Å². The molecule has 1 aliphatic rings. The van der Waals surface area contributed by atoms with Crippen molar-refractivity contribution in [2.24, 2.45) is 0 Å². The van der Waals surface area contributed by atoms with Crippen LogP contribution in [0.3, 0.4) is 0 Å². The van der Waals surface area contributed by atoms with Gasteiger partial charge in [0, 0.05) is 36.4 Å². The van der Waals surface area contributed by atoms with E-state index in [-0.39, 0.29) is 11.9 Å². The van der Waals surface area contributed by atoms with Crippen molar-refractivity contribution in [3.63, 3.8) is 0 Å². The molecule has 0 spiro atoms. The molecule has 1 N–H and O–H groups in total. The highest BCUT2D eigenvalue weighted by atomic mass is 16.5. The third kappa shape index (κ3) is 3.61. The molecular formula is C21H21N3O2. The van der Waals surface area contributed by atoms with Crippen molar-refractivity contribution in [2.75, 3.05) is 18.4 Å². The molecule has 5 heteroatoms. The third-order valence-electron chi connectivity index (χ3n) is 4.64. The Morgan fingerprint density at radius 1 is 1.08 bits per heavy atom. The van der Waals surface area contributed by atoms with E-state index in [0.29, 0.717) is 18.0 Å². The third-order valence-corrected chi connectivity index (χ3v) is 4.64. The number of hydrogen-bond acceptors (Lipinski definition) is 4. The smallest absolute Gasteiger partial charge is 0.276 e. The number of carbonyl (C=O) groups excluding carboxylic acids is 1. The zero-order valence-corrected chi connectivity index (χ0v) is 14.5. The molecule has 2 heterocycles. The number of anilines is 1. The zero-order chi connectivity index (χ0) is 17.8. The summed E-state index contributed by atoms with van der Waals surface area (Å²) in [4.78, 5) is 14.7. The lowest BCUT2D eigenvalue weighted by Gasteiger charge is -2.33. The average Bonchev–Trinajstić information content (AvgIpc) is 3.19. The van der Waals surface area contributed by atoms with E-state index in [9.17, 15) is 4.79 Å². The lowest BCUT2D eigenvalue weighted by Crippen LogP contribution is -2.45. The molecule has 1 amide bonds. The second-order valence-electron chi connectivity index (χ2n) is 6.54. The standard InChI is InChI=1S/C21H21N3O2/c25-21(19-14-20(26-23-19)16-8-3-1-4-9-16)24-13-7-12-18(15-24)22-17-10-5-2-6-11-17/h1-6,8-11,14,18,22H,7,12-13,15H2. The van der Waals surface area contributed by atoms with Crippen molar-refractivity contribution in [3.8, 4) is 11.3 Å². The fraction of sp³-hybridized carbons (Fsp3) is 0.238. The van der Waals surface area contributed by atoms with E-state index in [1.165, 1.54) is 0 Å². The number of benzene rings is 2. The van der Waals surface area contributed by atoms with Crippen LogP contribution in [0.5, 0.6) is 0 Å². The van der Waals surface area contributed by atoms with Gasteiger partial charge in [0.15, 0.2) is 11.5 Å². The number of likely N-dealkylation sites (tertiary alicyclic amines) is 1. The molecule has 4 rings (SSSR count). The monoisotopic (exact) mass is 347 g/mol. The van der Waals surface area contributed by atoms with Crippen molar-refractivity contribution < 1.29 is 9.32 Å². The minimum absolute atomic E-state index is 0.0736. The normalized spacial score (nSPS) is 17.1. The van der Waals surface area contributed by atoms with Crippen LogP contribution in [0.4, 0.5) is 5.69 Å². The number of nitrogens with one attached hydrogen (secondary N) is 1. The molecule has 26 heavy (non-hydrogen) atoms. The molecule has 1 aromatic heterocycles. The molecule has 1 aliphatic heterocycles. The minimum Gasteiger partial charge on any atom is -0.381 e. The van der Waals surface area contributed by atoms with Crippen LogP contribution in [0.1, 0.15) is 23.3 Å². The molecule has 0 bridgehead atoms. The van der Waals surface area contributed by atoms with E-state index in [0.717, 1.165) is 30.6 Å². The minimum atomic E-state index is -0.0736. The van der Waals surface area contributed by atoms with Crippen LogP contribution in [-0.4, -0.2) is 35.1 Å². The highest BCUT2D eigenvalue weighted by Crippen LogP contribution is 2.22. The van der Waals surface area contributed by atoms with Gasteiger partial charge in [-0.3, -0.25) is 4.79 Å². The molecule has 0 aliphatic carbocycles. The van der Waals surface area contributed by atoms with Crippen LogP contribution in [-0.2, 0) is 0 Å². The van der Waals surface area contributed by atoms with Gasteiger partial charge in [-0.25, -0.2) is 0 Å². The second-order valence-corrected chi connectivity index (χ2v) is 6.54. The molecule has 1 fully saturated rings. The highest BCUT2D eigenvalue weighted by molar-refractivity contribution is 5.93. The van der Waals surface area contributed by atoms with Gasteiger partial charge < -0.3 is 14.7 Å². The number of para-hydroxylation sites is 1. The van der Waals surface area contributed by atoms with E-state index >= 15 is 0 Å². The van der Waals surface area contributed by atoms with Crippen LogP contribution >= 0.6 is 0 Å². The van der Waals surface area contributed by atoms with Gasteiger partial charge in [0.05, 0.1) is 0 Å². The highest BCUT2D eigenvalue weighted by Gasteiger charge is 2.26. The van der Waals surface area contributed by atoms with Crippen molar-refractivity contribution in [3.05, 3.63) is 72.4 Å². The molecule has 1 unspecified atom stereocenters. The summed E-state index contributed by atoms with van der Waals surface area (Å²) in [6.45, 7) is 1.42. The molecule has 1 atom stereocenters. The van der Waals surface area contributed by atoms with Crippen LogP contribution < -0.4 is 5.32 Å². The number of amides is 1. The van der Waals surface area contributed by atoms with Gasteiger partial charge in [0.25, 0.3) is 5.91 Å². The van der Waals surface area contributed by atoms with Gasteiger partial charge in [-0.05, 0) is 25.0 Å². The lowest BCUT2D eigenvalue weighted by molar-refractivity contribution is 0.0704. The fourth-order valence-electron chi connectivity index (χ4n) is 3.33. The zero-order valence-electron chi connectivity index (χ0n) is 14.5. The van der Waals surface area contributed by atoms with Gasteiger partial charge in [0.1, 0.15) is 0 Å². The second kappa shape index (κ2) is 7.44. The SMILES string of the molecule is O=C(c1cc(-c2ccccc2)on1)N1CCCC(Nc2ccccc2)C1. The van der Waals surface area contributed by atoms with Gasteiger partial charge >= 0.3 is 0 Å². The molecular weight excluding hydrogens is 326 g/mol. The topological polar surface area (TPSA) is 58.4 Å². The van der Waals surface area contributed by atoms with E-state index in [1.54, 1.807) is 6.07 Å². The lowest BCUT2D eigenvalue weighted by atomic mass is 10.0. The van der Waals surface area contributed by atoms with Gasteiger partial charge in [0.2, 0.25) is 0 Å². The molecule has 2 aromatic carbocycles. The Morgan fingerprint density at radius 2 is 1.81 bits per heavy atom. The van der Waals surface area contributed by atoms with Crippen LogP contribution in [0, 0.1) is 0 Å². The van der Waals surface area contributed by atoms with Crippen molar-refractivity contribution in [1.82, 2.24) is 10.1 Å². The summed E-state index contributed by atoms with van der Waals surface area (Å²) in [5.74, 6) is 0.542. The number of aromatic nitrogens is 1. The first-order chi connectivity index (χ1) is 12.8. The quantitative estimate of drug-likeness (QED) is 0.773. The Labute approximate surface area is 152 Å². The summed E-state index contributed by atoms with van der Waals surface area (Å²) in [7, 11) is 0. The maximum atomic E-state index is 12.8. The summed E-state index contributed by atoms with van der Waals surface area (Å²) in [6.07, 6.45) is 2.02. The Hall–Kier alpha value is -3.08. The summed E-state index contributed by atoms with van der Waals surface area (Å²) in [5, 5.41) is 7.50. The number of hydrogen-bond donors (Lipinski definition) is 1. The Bertz CT molecular complexity index is 861. The molecule has 132 valence electrons. The molecule has 0 radical (unpaired) electrons. The number of piperidine rings is 1. The van der Waals surface area contributed by atoms with Gasteiger partial charge in [-0.2, -0.15) is 0 Å². The first-order valence-corrected chi connectivity index (χ1v) is 8.92. The van der Waals surface area contributed by atoms with Crippen molar-refractivity contribution >= 4 is 11.6 Å². The molecule has 5 nitrogen and oxygen atoms in total. The number of carbonyl (C=O) groups is 1. The summed E-state index contributed by atoms with van der Waals surface area (Å²) in [6, 6.07) is 21.8. The average molecular weight is 347 g/mol. The largest absolute Gasteiger partial charge is 0.381 e. The fourth-order valence-corrected chi connectivity index (χ4v) is 3.33. The number of rotatable bonds is 4.